The summed E-state index contributed by atoms with van der Waals surface area (Å²) in [4.78, 5) is 0. The summed E-state index contributed by atoms with van der Waals surface area (Å²) in [5, 5.41) is 0. The first-order valence-corrected chi connectivity index (χ1v) is 5.41. The van der Waals surface area contributed by atoms with Gasteiger partial charge in [-0.3, -0.25) is 0 Å². The van der Waals surface area contributed by atoms with Crippen LogP contribution in [0.2, 0.25) is 0 Å². The van der Waals surface area contributed by atoms with E-state index in [4.69, 9.17) is 0 Å². The Balaban J connectivity index is 2.36. The standard InChI is InChI=1S/C4H5I3/c5-4(6,7)3-1-2-3/h3H,1-2H2. The second-order valence-corrected chi connectivity index (χ2v) is 13.1. The van der Waals surface area contributed by atoms with Gasteiger partial charge in [0, 0.05) is 0 Å². The molecule has 1 saturated carbocycles. The van der Waals surface area contributed by atoms with Gasteiger partial charge < -0.3 is 0 Å². The highest BCUT2D eigenvalue weighted by atomic mass is 127. The lowest BCUT2D eigenvalue weighted by atomic mass is 10.5. The molecule has 7 heavy (non-hydrogen) atoms. The maximum atomic E-state index is 2.50. The Bertz CT molecular complexity index is 69.5. The number of hydrogen-bond donors (Lipinski definition) is 0. The molecule has 0 aromatic heterocycles. The highest BCUT2D eigenvalue weighted by Gasteiger charge is 2.38. The fraction of sp³-hybridized carbons (Fsp3) is 1.00. The summed E-state index contributed by atoms with van der Waals surface area (Å²) in [7, 11) is 0. The molecule has 0 nitrogen and oxygen atoms in total. The molecule has 0 atom stereocenters. The summed E-state index contributed by atoms with van der Waals surface area (Å²) in [6.45, 7) is 0. The molecule has 0 spiro atoms. The molecule has 3 heteroatoms. The lowest BCUT2D eigenvalue weighted by Gasteiger charge is -2.07. The first kappa shape index (κ1) is 7.30. The zero-order chi connectivity index (χ0) is 5.49. The minimum absolute atomic E-state index is 0.521. The van der Waals surface area contributed by atoms with Crippen molar-refractivity contribution < 1.29 is 0 Å². The van der Waals surface area contributed by atoms with Crippen molar-refractivity contribution in [1.82, 2.24) is 0 Å². The third-order valence-electron chi connectivity index (χ3n) is 1.04. The molecule has 0 unspecified atom stereocenters. The molecular formula is C4H5I3. The van der Waals surface area contributed by atoms with Crippen LogP contribution in [-0.2, 0) is 0 Å². The van der Waals surface area contributed by atoms with Crippen LogP contribution >= 0.6 is 67.8 Å². The van der Waals surface area contributed by atoms with E-state index in [1.165, 1.54) is 12.8 Å². The first-order valence-electron chi connectivity index (χ1n) is 2.17. The summed E-state index contributed by atoms with van der Waals surface area (Å²) >= 11 is 7.51. The van der Waals surface area contributed by atoms with Gasteiger partial charge in [-0.2, -0.15) is 0 Å². The van der Waals surface area contributed by atoms with E-state index in [1.807, 2.05) is 0 Å². The quantitative estimate of drug-likeness (QED) is 0.439. The minimum atomic E-state index is 0.521. The Morgan fingerprint density at radius 2 is 1.57 bits per heavy atom. The van der Waals surface area contributed by atoms with Gasteiger partial charge in [0.25, 0.3) is 0 Å². The fourth-order valence-corrected chi connectivity index (χ4v) is 2.28. The van der Waals surface area contributed by atoms with E-state index in [0.717, 1.165) is 5.92 Å². The molecule has 1 rings (SSSR count). The van der Waals surface area contributed by atoms with Gasteiger partial charge in [0.2, 0.25) is 0 Å². The normalized spacial score (nSPS) is 22.7. The smallest absolute Gasteiger partial charge is 0.0551 e. The van der Waals surface area contributed by atoms with Crippen molar-refractivity contribution in [2.45, 2.75) is 12.3 Å². The molecule has 0 aromatic rings. The predicted molar refractivity (Wildman–Crippen MR) is 57.5 cm³/mol. The van der Waals surface area contributed by atoms with Crippen molar-refractivity contribution in [1.29, 1.82) is 0 Å². The van der Waals surface area contributed by atoms with E-state index in [0.29, 0.717) is -0.565 Å². The van der Waals surface area contributed by atoms with Crippen LogP contribution in [0.5, 0.6) is 0 Å². The molecule has 0 radical (unpaired) electrons. The number of alkyl halides is 3. The van der Waals surface area contributed by atoms with Gasteiger partial charge in [0.05, 0.1) is 0 Å². The summed E-state index contributed by atoms with van der Waals surface area (Å²) in [5.74, 6) is 1.01. The molecular weight excluding hydrogens is 429 g/mol. The van der Waals surface area contributed by atoms with Crippen LogP contribution in [0.1, 0.15) is 12.8 Å². The van der Waals surface area contributed by atoms with E-state index in [-0.39, 0.29) is 0 Å². The number of hydrogen-bond acceptors (Lipinski definition) is 0. The van der Waals surface area contributed by atoms with Crippen molar-refractivity contribution in [2.75, 3.05) is 0 Å². The summed E-state index contributed by atoms with van der Waals surface area (Å²) < 4.78 is 0.521. The van der Waals surface area contributed by atoms with Crippen LogP contribution in [0, 0.1) is 5.92 Å². The Hall–Kier alpha value is 2.19. The predicted octanol–water partition coefficient (Wildman–Crippen LogP) is 3.36. The van der Waals surface area contributed by atoms with Gasteiger partial charge in [-0.25, -0.2) is 0 Å². The Labute approximate surface area is 84.6 Å². The largest absolute Gasteiger partial charge is 0.127 e. The Morgan fingerprint density at radius 1 is 1.14 bits per heavy atom. The highest BCUT2D eigenvalue weighted by molar-refractivity contribution is 14.3. The Morgan fingerprint density at radius 3 is 1.57 bits per heavy atom. The number of rotatable bonds is 1. The first-order chi connectivity index (χ1) is 3.11. The van der Waals surface area contributed by atoms with Crippen molar-refractivity contribution in [2.24, 2.45) is 5.92 Å². The van der Waals surface area contributed by atoms with Crippen LogP contribution in [0.15, 0.2) is 0 Å². The highest BCUT2D eigenvalue weighted by Crippen LogP contribution is 2.54. The minimum Gasteiger partial charge on any atom is -0.0551 e. The van der Waals surface area contributed by atoms with E-state index in [9.17, 15) is 0 Å². The van der Waals surface area contributed by atoms with Gasteiger partial charge >= 0.3 is 0 Å². The van der Waals surface area contributed by atoms with Gasteiger partial charge in [0.1, 0.15) is -0.565 Å². The molecule has 0 N–H and O–H groups in total. The second-order valence-electron chi connectivity index (χ2n) is 1.82. The van der Waals surface area contributed by atoms with Gasteiger partial charge in [-0.1, -0.05) is 67.8 Å². The lowest BCUT2D eigenvalue weighted by Crippen LogP contribution is -1.99. The van der Waals surface area contributed by atoms with Crippen molar-refractivity contribution in [3.05, 3.63) is 0 Å². The molecule has 1 fully saturated rings. The molecule has 1 aliphatic rings. The Kier molecular flexibility index (Phi) is 2.54. The van der Waals surface area contributed by atoms with Crippen LogP contribution in [0.25, 0.3) is 0 Å². The van der Waals surface area contributed by atoms with E-state index in [2.05, 4.69) is 67.8 Å². The average Bonchev–Trinajstić information content (AvgIpc) is 1.99. The monoisotopic (exact) mass is 434 g/mol. The van der Waals surface area contributed by atoms with E-state index >= 15 is 0 Å². The summed E-state index contributed by atoms with van der Waals surface area (Å²) in [6, 6.07) is 0. The van der Waals surface area contributed by atoms with Crippen molar-refractivity contribution >= 4 is 67.8 Å². The third kappa shape index (κ3) is 2.51. The van der Waals surface area contributed by atoms with Crippen LogP contribution in [-0.4, -0.2) is -0.565 Å². The zero-order valence-corrected chi connectivity index (χ0v) is 10.1. The zero-order valence-electron chi connectivity index (χ0n) is 3.63. The molecule has 0 aliphatic heterocycles. The van der Waals surface area contributed by atoms with E-state index in [1.54, 1.807) is 0 Å². The van der Waals surface area contributed by atoms with Gasteiger partial charge in [-0.15, -0.1) is 0 Å². The average molecular weight is 434 g/mol. The molecule has 0 amide bonds. The topological polar surface area (TPSA) is 0 Å². The SMILES string of the molecule is IC(I)(I)C1CC1. The van der Waals surface area contributed by atoms with Crippen molar-refractivity contribution in [3.63, 3.8) is 0 Å². The van der Waals surface area contributed by atoms with Crippen molar-refractivity contribution in [3.8, 4) is 0 Å². The van der Waals surface area contributed by atoms with Crippen LogP contribution < -0.4 is 0 Å². The fourth-order valence-electron chi connectivity index (χ4n) is 0.411. The summed E-state index contributed by atoms with van der Waals surface area (Å²) in [6.07, 6.45) is 2.91. The second kappa shape index (κ2) is 2.43. The van der Waals surface area contributed by atoms with Gasteiger partial charge in [0.15, 0.2) is 0 Å². The molecule has 0 bridgehead atoms. The molecule has 0 heterocycles. The van der Waals surface area contributed by atoms with E-state index < -0.39 is 0 Å². The lowest BCUT2D eigenvalue weighted by molar-refractivity contribution is 0.982. The third-order valence-corrected chi connectivity index (χ3v) is 3.68. The maximum absolute atomic E-state index is 2.50. The van der Waals surface area contributed by atoms with Crippen LogP contribution in [0.3, 0.4) is 0 Å². The molecule has 0 saturated heterocycles. The molecule has 0 aromatic carbocycles. The van der Waals surface area contributed by atoms with Crippen LogP contribution in [0.4, 0.5) is 0 Å². The van der Waals surface area contributed by atoms with Gasteiger partial charge in [-0.05, 0) is 18.8 Å². The maximum Gasteiger partial charge on any atom is 0.127 e. The molecule has 1 aliphatic carbocycles. The molecule has 42 valence electrons. The summed E-state index contributed by atoms with van der Waals surface area (Å²) in [5.41, 5.74) is 0. The number of halogens is 3.